The van der Waals surface area contributed by atoms with Gasteiger partial charge in [0.15, 0.2) is 0 Å². The minimum atomic E-state index is -2.13. The Morgan fingerprint density at radius 1 is 0.731 bits per heavy atom. The zero-order valence-corrected chi connectivity index (χ0v) is 16.6. The lowest BCUT2D eigenvalue weighted by atomic mass is 10.0. The third kappa shape index (κ3) is 16.3. The standard InChI is InChI=1S/C22H39F2NO/c1-3-19-25(20-4-2)22(26)18-16-14-12-10-8-6-5-7-9-11-13-15-17-21(23)24/h3-4,21H,1-2,5-20H2. The Bertz CT molecular complexity index is 348. The van der Waals surface area contributed by atoms with E-state index in [1.54, 1.807) is 17.1 Å². The summed E-state index contributed by atoms with van der Waals surface area (Å²) in [5.74, 6) is 0.193. The summed E-state index contributed by atoms with van der Waals surface area (Å²) in [4.78, 5) is 13.8. The Morgan fingerprint density at radius 3 is 1.50 bits per heavy atom. The molecule has 0 heterocycles. The van der Waals surface area contributed by atoms with E-state index in [-0.39, 0.29) is 12.3 Å². The summed E-state index contributed by atoms with van der Waals surface area (Å²) in [6.07, 6.45) is 15.5. The maximum atomic E-state index is 12.1. The molecule has 0 aromatic rings. The van der Waals surface area contributed by atoms with Gasteiger partial charge in [-0.15, -0.1) is 13.2 Å². The minimum absolute atomic E-state index is 0.0616. The van der Waals surface area contributed by atoms with Crippen LogP contribution in [0.2, 0.25) is 0 Å². The van der Waals surface area contributed by atoms with Gasteiger partial charge in [0.25, 0.3) is 0 Å². The summed E-state index contributed by atoms with van der Waals surface area (Å²) < 4.78 is 23.9. The first kappa shape index (κ1) is 24.8. The fourth-order valence-electron chi connectivity index (χ4n) is 3.09. The molecule has 0 atom stereocenters. The molecular weight excluding hydrogens is 332 g/mol. The van der Waals surface area contributed by atoms with Gasteiger partial charge < -0.3 is 4.90 Å². The van der Waals surface area contributed by atoms with Crippen LogP contribution in [-0.2, 0) is 4.79 Å². The maximum absolute atomic E-state index is 12.1. The van der Waals surface area contributed by atoms with Crippen molar-refractivity contribution in [2.45, 2.75) is 96.3 Å². The molecule has 0 fully saturated rings. The van der Waals surface area contributed by atoms with Crippen LogP contribution in [0.15, 0.2) is 25.3 Å². The summed E-state index contributed by atoms with van der Waals surface area (Å²) in [5.41, 5.74) is 0. The van der Waals surface area contributed by atoms with Crippen molar-refractivity contribution in [2.24, 2.45) is 0 Å². The predicted octanol–water partition coefficient (Wildman–Crippen LogP) is 6.91. The number of nitrogens with zero attached hydrogens (tertiary/aromatic N) is 1. The highest BCUT2D eigenvalue weighted by atomic mass is 19.3. The number of hydrogen-bond acceptors (Lipinski definition) is 1. The number of carbonyl (C=O) groups excluding carboxylic acids is 1. The number of halogens is 2. The van der Waals surface area contributed by atoms with Crippen LogP contribution in [0, 0.1) is 0 Å². The summed E-state index contributed by atoms with van der Waals surface area (Å²) in [6.45, 7) is 8.56. The number of unbranched alkanes of at least 4 members (excludes halogenated alkanes) is 11. The van der Waals surface area contributed by atoms with E-state index < -0.39 is 6.43 Å². The zero-order chi connectivity index (χ0) is 19.5. The van der Waals surface area contributed by atoms with Crippen LogP contribution >= 0.6 is 0 Å². The fourth-order valence-corrected chi connectivity index (χ4v) is 3.09. The normalized spacial score (nSPS) is 10.9. The smallest absolute Gasteiger partial charge is 0.238 e. The Morgan fingerprint density at radius 2 is 1.12 bits per heavy atom. The lowest BCUT2D eigenvalue weighted by Gasteiger charge is -2.19. The molecule has 0 unspecified atom stereocenters. The molecule has 26 heavy (non-hydrogen) atoms. The Balaban J connectivity index is 3.34. The second-order valence-electron chi connectivity index (χ2n) is 7.05. The third-order valence-electron chi connectivity index (χ3n) is 4.61. The average Bonchev–Trinajstić information content (AvgIpc) is 2.61. The monoisotopic (exact) mass is 371 g/mol. The molecule has 0 saturated heterocycles. The van der Waals surface area contributed by atoms with E-state index in [1.165, 1.54) is 44.9 Å². The van der Waals surface area contributed by atoms with Gasteiger partial charge in [0.05, 0.1) is 0 Å². The predicted molar refractivity (Wildman–Crippen MR) is 108 cm³/mol. The van der Waals surface area contributed by atoms with Gasteiger partial charge in [0.1, 0.15) is 0 Å². The highest BCUT2D eigenvalue weighted by Gasteiger charge is 2.09. The lowest BCUT2D eigenvalue weighted by molar-refractivity contribution is -0.130. The molecule has 2 nitrogen and oxygen atoms in total. The van der Waals surface area contributed by atoms with Crippen molar-refractivity contribution in [3.05, 3.63) is 25.3 Å². The number of hydrogen-bond donors (Lipinski definition) is 0. The topological polar surface area (TPSA) is 20.3 Å². The van der Waals surface area contributed by atoms with Crippen LogP contribution in [0.1, 0.15) is 89.9 Å². The van der Waals surface area contributed by atoms with Crippen molar-refractivity contribution in [3.63, 3.8) is 0 Å². The van der Waals surface area contributed by atoms with Crippen LogP contribution in [0.3, 0.4) is 0 Å². The molecule has 0 N–H and O–H groups in total. The Hall–Kier alpha value is -1.19. The number of carbonyl (C=O) groups is 1. The van der Waals surface area contributed by atoms with Gasteiger partial charge in [-0.2, -0.15) is 0 Å². The molecule has 0 rings (SSSR count). The Labute approximate surface area is 159 Å². The fraction of sp³-hybridized carbons (Fsp3) is 0.773. The van der Waals surface area contributed by atoms with Gasteiger partial charge in [-0.1, -0.05) is 76.4 Å². The van der Waals surface area contributed by atoms with Crippen LogP contribution in [-0.4, -0.2) is 30.3 Å². The summed E-state index contributed by atoms with van der Waals surface area (Å²) in [6, 6.07) is 0. The lowest BCUT2D eigenvalue weighted by Crippen LogP contribution is -2.30. The first-order chi connectivity index (χ1) is 12.6. The van der Waals surface area contributed by atoms with E-state index in [1.807, 2.05) is 0 Å². The molecule has 0 aliphatic carbocycles. The third-order valence-corrected chi connectivity index (χ3v) is 4.61. The van der Waals surface area contributed by atoms with Crippen molar-refractivity contribution in [2.75, 3.05) is 13.1 Å². The van der Waals surface area contributed by atoms with Crippen LogP contribution in [0.5, 0.6) is 0 Å². The molecule has 0 aromatic heterocycles. The molecule has 0 aromatic carbocycles. The van der Waals surface area contributed by atoms with Crippen LogP contribution < -0.4 is 0 Å². The van der Waals surface area contributed by atoms with E-state index in [2.05, 4.69) is 13.2 Å². The average molecular weight is 372 g/mol. The molecule has 4 heteroatoms. The number of amides is 1. The summed E-state index contributed by atoms with van der Waals surface area (Å²) in [5, 5.41) is 0. The van der Waals surface area contributed by atoms with Crippen molar-refractivity contribution in [3.8, 4) is 0 Å². The van der Waals surface area contributed by atoms with Gasteiger partial charge in [0, 0.05) is 25.9 Å². The second kappa shape index (κ2) is 18.6. The van der Waals surface area contributed by atoms with E-state index >= 15 is 0 Å². The SMILES string of the molecule is C=CCN(CC=C)C(=O)CCCCCCCCCCCCCCC(F)F. The minimum Gasteiger partial charge on any atom is -0.335 e. The van der Waals surface area contributed by atoms with Crippen LogP contribution in [0.25, 0.3) is 0 Å². The largest absolute Gasteiger partial charge is 0.335 e. The molecule has 152 valence electrons. The second-order valence-corrected chi connectivity index (χ2v) is 7.05. The molecule has 0 bridgehead atoms. The van der Waals surface area contributed by atoms with Gasteiger partial charge in [-0.05, 0) is 12.8 Å². The number of rotatable bonds is 19. The molecule has 0 radical (unpaired) electrons. The maximum Gasteiger partial charge on any atom is 0.238 e. The molecule has 0 aliphatic heterocycles. The van der Waals surface area contributed by atoms with E-state index in [4.69, 9.17) is 0 Å². The molecule has 0 spiro atoms. The molecule has 0 aliphatic rings. The number of alkyl halides is 2. The van der Waals surface area contributed by atoms with Gasteiger partial charge in [-0.25, -0.2) is 8.78 Å². The Kier molecular flexibility index (Phi) is 17.7. The summed E-state index contributed by atoms with van der Waals surface area (Å²) in [7, 11) is 0. The summed E-state index contributed by atoms with van der Waals surface area (Å²) >= 11 is 0. The molecule has 1 amide bonds. The van der Waals surface area contributed by atoms with Gasteiger partial charge in [0.2, 0.25) is 12.3 Å². The van der Waals surface area contributed by atoms with E-state index in [0.717, 1.165) is 25.7 Å². The highest BCUT2D eigenvalue weighted by molar-refractivity contribution is 5.76. The van der Waals surface area contributed by atoms with Gasteiger partial charge in [-0.3, -0.25) is 4.79 Å². The quantitative estimate of drug-likeness (QED) is 0.178. The molecular formula is C22H39F2NO. The highest BCUT2D eigenvalue weighted by Crippen LogP contribution is 2.14. The first-order valence-corrected chi connectivity index (χ1v) is 10.4. The van der Waals surface area contributed by atoms with Crippen molar-refractivity contribution in [1.82, 2.24) is 4.90 Å². The van der Waals surface area contributed by atoms with Gasteiger partial charge >= 0.3 is 0 Å². The van der Waals surface area contributed by atoms with E-state index in [0.29, 0.717) is 25.9 Å². The van der Waals surface area contributed by atoms with Crippen molar-refractivity contribution in [1.29, 1.82) is 0 Å². The van der Waals surface area contributed by atoms with E-state index in [9.17, 15) is 13.6 Å². The first-order valence-electron chi connectivity index (χ1n) is 10.4. The zero-order valence-electron chi connectivity index (χ0n) is 16.6. The van der Waals surface area contributed by atoms with Crippen molar-refractivity contribution >= 4 is 5.91 Å². The van der Waals surface area contributed by atoms with Crippen molar-refractivity contribution < 1.29 is 13.6 Å². The molecule has 0 saturated carbocycles. The van der Waals surface area contributed by atoms with Crippen LogP contribution in [0.4, 0.5) is 8.78 Å².